The van der Waals surface area contributed by atoms with Crippen molar-refractivity contribution in [2.75, 3.05) is 12.4 Å². The summed E-state index contributed by atoms with van der Waals surface area (Å²) < 4.78 is 5.14. The predicted octanol–water partition coefficient (Wildman–Crippen LogP) is 5.58. The van der Waals surface area contributed by atoms with Crippen LogP contribution in [0.25, 0.3) is 11.3 Å². The molecular formula is C16H15BrN2O2S3. The maximum absolute atomic E-state index is 11.4. The maximum Gasteiger partial charge on any atom is 0.226 e. The van der Waals surface area contributed by atoms with E-state index < -0.39 is 0 Å². The van der Waals surface area contributed by atoms with Crippen molar-refractivity contribution < 1.29 is 9.53 Å². The van der Waals surface area contributed by atoms with Gasteiger partial charge in [0.2, 0.25) is 5.12 Å². The molecule has 1 aromatic carbocycles. The molecule has 0 saturated carbocycles. The highest BCUT2D eigenvalue weighted by Gasteiger charge is 2.14. The van der Waals surface area contributed by atoms with Gasteiger partial charge in [-0.2, -0.15) is 0 Å². The van der Waals surface area contributed by atoms with Gasteiger partial charge < -0.3 is 10.1 Å². The quantitative estimate of drug-likeness (QED) is 0.506. The first kappa shape index (κ1) is 19.0. The number of nitrogens with zero attached hydrogens (tertiary/aromatic N) is 1. The number of methoxy groups -OCH3 is 1. The number of hydrogen-bond donors (Lipinski definition) is 2. The van der Waals surface area contributed by atoms with Gasteiger partial charge in [0.1, 0.15) is 5.75 Å². The largest absolute Gasteiger partial charge is 0.497 e. The molecule has 1 N–H and O–H groups in total. The summed E-state index contributed by atoms with van der Waals surface area (Å²) in [5.41, 5.74) is 2.78. The first-order chi connectivity index (χ1) is 11.1. The van der Waals surface area contributed by atoms with Crippen LogP contribution in [-0.2, 0) is 0 Å². The van der Waals surface area contributed by atoms with Crippen LogP contribution in [-0.4, -0.2) is 17.2 Å². The molecule has 0 spiro atoms. The third-order valence-corrected chi connectivity index (χ3v) is 5.45. The number of ether oxygens (including phenoxy) is 1. The fraction of sp³-hybridized carbons (Fsp3) is 0.125. The topological polar surface area (TPSA) is 51.2 Å². The summed E-state index contributed by atoms with van der Waals surface area (Å²) in [6.45, 7) is 1.98. The van der Waals surface area contributed by atoms with E-state index in [0.29, 0.717) is 4.88 Å². The average Bonchev–Trinajstić information content (AvgIpc) is 3.14. The van der Waals surface area contributed by atoms with Gasteiger partial charge in [-0.05, 0) is 37.3 Å². The molecule has 4 nitrogen and oxygen atoms in total. The predicted molar refractivity (Wildman–Crippen MR) is 110 cm³/mol. The molecule has 126 valence electrons. The zero-order valence-corrected chi connectivity index (χ0v) is 17.1. The lowest BCUT2D eigenvalue weighted by Gasteiger charge is -2.03. The molecule has 0 aliphatic rings. The van der Waals surface area contributed by atoms with Gasteiger partial charge in [0, 0.05) is 21.5 Å². The minimum atomic E-state index is -0.212. The highest BCUT2D eigenvalue weighted by atomic mass is 79.9. The van der Waals surface area contributed by atoms with Gasteiger partial charge in [0.25, 0.3) is 0 Å². The number of thiophene rings is 1. The first-order valence-corrected chi connectivity index (χ1v) is 8.92. The van der Waals surface area contributed by atoms with Crippen LogP contribution in [0.3, 0.4) is 0 Å². The van der Waals surface area contributed by atoms with Crippen molar-refractivity contribution in [3.8, 4) is 17.0 Å². The minimum absolute atomic E-state index is 0. The highest BCUT2D eigenvalue weighted by molar-refractivity contribution is 8.93. The van der Waals surface area contributed by atoms with Crippen LogP contribution in [0, 0.1) is 6.92 Å². The van der Waals surface area contributed by atoms with Gasteiger partial charge in [-0.15, -0.1) is 39.7 Å². The summed E-state index contributed by atoms with van der Waals surface area (Å²) in [5, 5.41) is 5.84. The van der Waals surface area contributed by atoms with E-state index in [1.165, 1.54) is 22.7 Å². The lowest BCUT2D eigenvalue weighted by molar-refractivity contribution is 0.109. The Balaban J connectivity index is 0.00000208. The molecule has 0 atom stereocenters. The summed E-state index contributed by atoms with van der Waals surface area (Å²) in [4.78, 5) is 17.7. The van der Waals surface area contributed by atoms with Crippen molar-refractivity contribution in [2.45, 2.75) is 6.92 Å². The number of halogens is 1. The molecule has 3 rings (SSSR count). The van der Waals surface area contributed by atoms with Gasteiger partial charge in [-0.3, -0.25) is 4.79 Å². The number of carbonyl (C=O) groups excluding carboxylic acids is 1. The van der Waals surface area contributed by atoms with Gasteiger partial charge in [-0.25, -0.2) is 4.98 Å². The van der Waals surface area contributed by atoms with Crippen molar-refractivity contribution >= 4 is 68.2 Å². The number of nitrogens with one attached hydrogen (secondary N) is 1. The summed E-state index contributed by atoms with van der Waals surface area (Å²) in [5.74, 6) is 0.813. The van der Waals surface area contributed by atoms with E-state index in [9.17, 15) is 4.79 Å². The van der Waals surface area contributed by atoms with Gasteiger partial charge in [0.05, 0.1) is 17.7 Å². The Morgan fingerprint density at radius 1 is 1.29 bits per heavy atom. The standard InChI is InChI=1S/C16H14N2O2S3.BrH/c1-9-12(7-14(23-9)15(19)21)13-8-22-16(18-13)17-10-3-5-11(20-2)6-4-10;/h3-8H,1-2H3,(H,17,18)(H,19,21);1H. The van der Waals surface area contributed by atoms with Crippen LogP contribution in [0.4, 0.5) is 10.8 Å². The third kappa shape index (κ3) is 4.18. The number of thiol groups is 1. The fourth-order valence-corrected chi connectivity index (χ4v) is 3.89. The molecule has 0 saturated heterocycles. The summed E-state index contributed by atoms with van der Waals surface area (Å²) in [7, 11) is 1.64. The highest BCUT2D eigenvalue weighted by Crippen LogP contribution is 2.34. The monoisotopic (exact) mass is 442 g/mol. The van der Waals surface area contributed by atoms with E-state index in [1.54, 1.807) is 7.11 Å². The molecule has 2 heterocycles. The van der Waals surface area contributed by atoms with Crippen LogP contribution in [0.1, 0.15) is 14.5 Å². The van der Waals surface area contributed by atoms with Crippen molar-refractivity contribution in [1.82, 2.24) is 4.98 Å². The van der Waals surface area contributed by atoms with E-state index in [0.717, 1.165) is 32.7 Å². The molecule has 0 aliphatic heterocycles. The summed E-state index contributed by atoms with van der Waals surface area (Å²) >= 11 is 6.84. The van der Waals surface area contributed by atoms with Crippen molar-refractivity contribution in [1.29, 1.82) is 0 Å². The molecular weight excluding hydrogens is 428 g/mol. The number of thiazole rings is 1. The Morgan fingerprint density at radius 2 is 2.00 bits per heavy atom. The van der Waals surface area contributed by atoms with Crippen LogP contribution >= 0.6 is 52.3 Å². The Morgan fingerprint density at radius 3 is 2.58 bits per heavy atom. The van der Waals surface area contributed by atoms with Crippen molar-refractivity contribution in [2.24, 2.45) is 0 Å². The SMILES string of the molecule is Br.COc1ccc(Nc2nc(-c3cc(C(=O)S)sc3C)cs2)cc1. The smallest absolute Gasteiger partial charge is 0.226 e. The zero-order chi connectivity index (χ0) is 16.4. The molecule has 0 bridgehead atoms. The number of benzene rings is 1. The molecule has 2 aromatic heterocycles. The third-order valence-electron chi connectivity index (χ3n) is 3.25. The lowest BCUT2D eigenvalue weighted by Crippen LogP contribution is -1.90. The molecule has 0 aliphatic carbocycles. The Labute approximate surface area is 164 Å². The van der Waals surface area contributed by atoms with Crippen LogP contribution < -0.4 is 10.1 Å². The van der Waals surface area contributed by atoms with Crippen LogP contribution in [0.5, 0.6) is 5.75 Å². The molecule has 8 heteroatoms. The molecule has 24 heavy (non-hydrogen) atoms. The summed E-state index contributed by atoms with van der Waals surface area (Å²) in [6.07, 6.45) is 0. The molecule has 0 radical (unpaired) electrons. The number of aryl methyl sites for hydroxylation is 1. The van der Waals surface area contributed by atoms with Gasteiger partial charge in [0.15, 0.2) is 5.13 Å². The second kappa shape index (κ2) is 8.15. The lowest BCUT2D eigenvalue weighted by atomic mass is 10.2. The molecule has 3 aromatic rings. The average molecular weight is 443 g/mol. The van der Waals surface area contributed by atoms with Gasteiger partial charge >= 0.3 is 0 Å². The van der Waals surface area contributed by atoms with Crippen molar-refractivity contribution in [3.05, 3.63) is 45.5 Å². The van der Waals surface area contributed by atoms with E-state index in [1.807, 2.05) is 42.6 Å². The Hall–Kier alpha value is -1.35. The number of anilines is 2. The van der Waals surface area contributed by atoms with E-state index in [2.05, 4.69) is 22.9 Å². The Kier molecular flexibility index (Phi) is 6.45. The Bertz CT molecular complexity index is 843. The second-order valence-corrected chi connectivity index (χ2v) is 7.30. The van der Waals surface area contributed by atoms with E-state index in [-0.39, 0.29) is 22.1 Å². The first-order valence-electron chi connectivity index (χ1n) is 6.77. The van der Waals surface area contributed by atoms with E-state index >= 15 is 0 Å². The minimum Gasteiger partial charge on any atom is -0.497 e. The van der Waals surface area contributed by atoms with Crippen molar-refractivity contribution in [3.63, 3.8) is 0 Å². The number of hydrogen-bond acceptors (Lipinski definition) is 6. The van der Waals surface area contributed by atoms with Gasteiger partial charge in [-0.1, -0.05) is 12.6 Å². The van der Waals surface area contributed by atoms with E-state index in [4.69, 9.17) is 4.74 Å². The normalized spacial score (nSPS) is 10.1. The fourth-order valence-electron chi connectivity index (χ4n) is 2.09. The number of rotatable bonds is 5. The maximum atomic E-state index is 11.4. The molecule has 0 unspecified atom stereocenters. The zero-order valence-electron chi connectivity index (χ0n) is 12.9. The molecule has 0 fully saturated rings. The second-order valence-electron chi connectivity index (χ2n) is 4.78. The molecule has 0 amide bonds. The van der Waals surface area contributed by atoms with Crippen LogP contribution in [0.15, 0.2) is 35.7 Å². The number of aromatic nitrogens is 1. The summed E-state index contributed by atoms with van der Waals surface area (Å²) in [6, 6.07) is 9.51. The number of carbonyl (C=O) groups is 1. The van der Waals surface area contributed by atoms with Crippen LogP contribution in [0.2, 0.25) is 0 Å².